The average molecular weight is 330 g/mol. The zero-order valence-electron chi connectivity index (χ0n) is 14.7. The first-order chi connectivity index (χ1) is 11.5. The van der Waals surface area contributed by atoms with E-state index in [4.69, 9.17) is 10.1 Å². The molecule has 6 nitrogen and oxygen atoms in total. The summed E-state index contributed by atoms with van der Waals surface area (Å²) in [5.41, 5.74) is 4.04. The van der Waals surface area contributed by atoms with Gasteiger partial charge in [-0.2, -0.15) is 5.10 Å². The third kappa shape index (κ3) is 3.15. The minimum atomic E-state index is -0.771. The summed E-state index contributed by atoms with van der Waals surface area (Å²) < 4.78 is 2.09. The van der Waals surface area contributed by atoms with E-state index in [2.05, 4.69) is 28.5 Å². The lowest BCUT2D eigenvalue weighted by molar-refractivity contribution is -0.136. The van der Waals surface area contributed by atoms with Crippen molar-refractivity contribution in [3.8, 4) is 0 Å². The molecule has 0 spiro atoms. The molecule has 1 fully saturated rings. The normalized spacial score (nSPS) is 16.8. The number of pyridine rings is 1. The van der Waals surface area contributed by atoms with Gasteiger partial charge in [0.1, 0.15) is 0 Å². The van der Waals surface area contributed by atoms with E-state index >= 15 is 0 Å². The predicted molar refractivity (Wildman–Crippen MR) is 93.3 cm³/mol. The summed E-state index contributed by atoms with van der Waals surface area (Å²) >= 11 is 0. The summed E-state index contributed by atoms with van der Waals surface area (Å²) in [5.74, 6) is -0.771. The van der Waals surface area contributed by atoms with Gasteiger partial charge in [-0.25, -0.2) is 9.67 Å². The largest absolute Gasteiger partial charge is 0.481 e. The van der Waals surface area contributed by atoms with Gasteiger partial charge < -0.3 is 10.0 Å². The number of carboxylic acid groups (broad SMARTS) is 1. The number of rotatable bonds is 5. The number of aryl methyl sites for hydroxylation is 2. The van der Waals surface area contributed by atoms with Crippen molar-refractivity contribution in [3.05, 3.63) is 23.0 Å². The number of hydrogen-bond donors (Lipinski definition) is 1. The van der Waals surface area contributed by atoms with Crippen molar-refractivity contribution in [2.24, 2.45) is 0 Å². The standard InChI is InChI=1S/C18H26N4O2/c1-4-21-9-7-14(8-10-21)22-18-16(11-19-22)12(2)15(13(3)20-18)5-6-17(23)24/h11,14H,4-10H2,1-3H3,(H,23,24). The van der Waals surface area contributed by atoms with Gasteiger partial charge in [-0.15, -0.1) is 0 Å². The van der Waals surface area contributed by atoms with Gasteiger partial charge in [-0.3, -0.25) is 4.79 Å². The molecule has 130 valence electrons. The summed E-state index contributed by atoms with van der Waals surface area (Å²) in [6, 6.07) is 0.404. The van der Waals surface area contributed by atoms with E-state index in [9.17, 15) is 4.79 Å². The van der Waals surface area contributed by atoms with Crippen molar-refractivity contribution in [2.45, 2.75) is 52.5 Å². The van der Waals surface area contributed by atoms with Gasteiger partial charge in [-0.05, 0) is 50.8 Å². The molecule has 0 aromatic carbocycles. The Hall–Kier alpha value is -1.95. The molecule has 0 bridgehead atoms. The maximum absolute atomic E-state index is 10.9. The van der Waals surface area contributed by atoms with E-state index in [1.54, 1.807) is 0 Å². The van der Waals surface area contributed by atoms with Gasteiger partial charge >= 0.3 is 5.97 Å². The molecule has 3 rings (SSSR count). The van der Waals surface area contributed by atoms with Crippen LogP contribution in [0, 0.1) is 13.8 Å². The van der Waals surface area contributed by atoms with Gasteiger partial charge in [-0.1, -0.05) is 6.92 Å². The number of aromatic nitrogens is 3. The van der Waals surface area contributed by atoms with Gasteiger partial charge in [0.25, 0.3) is 0 Å². The fourth-order valence-electron chi connectivity index (χ4n) is 3.74. The highest BCUT2D eigenvalue weighted by Crippen LogP contribution is 2.29. The maximum atomic E-state index is 10.9. The zero-order chi connectivity index (χ0) is 17.3. The highest BCUT2D eigenvalue weighted by Gasteiger charge is 2.23. The second-order valence-electron chi connectivity index (χ2n) is 6.69. The van der Waals surface area contributed by atoms with Crippen LogP contribution in [0.1, 0.15) is 49.0 Å². The number of piperidine rings is 1. The predicted octanol–water partition coefficient (Wildman–Crippen LogP) is 2.72. The molecule has 0 atom stereocenters. The molecule has 2 aromatic heterocycles. The fraction of sp³-hybridized carbons (Fsp3) is 0.611. The van der Waals surface area contributed by atoms with Crippen LogP contribution in [0.5, 0.6) is 0 Å². The molecule has 0 amide bonds. The van der Waals surface area contributed by atoms with E-state index in [0.717, 1.165) is 60.3 Å². The number of fused-ring (bicyclic) bond motifs is 1. The number of carbonyl (C=O) groups is 1. The molecule has 2 aromatic rings. The van der Waals surface area contributed by atoms with E-state index in [-0.39, 0.29) is 6.42 Å². The minimum Gasteiger partial charge on any atom is -0.481 e. The van der Waals surface area contributed by atoms with Crippen molar-refractivity contribution >= 4 is 17.0 Å². The Bertz CT molecular complexity index is 745. The number of nitrogens with zero attached hydrogens (tertiary/aromatic N) is 4. The second kappa shape index (κ2) is 6.89. The van der Waals surface area contributed by atoms with Crippen molar-refractivity contribution in [1.29, 1.82) is 0 Å². The Morgan fingerprint density at radius 2 is 2.04 bits per heavy atom. The van der Waals surface area contributed by atoms with Crippen LogP contribution in [0.25, 0.3) is 11.0 Å². The molecular formula is C18H26N4O2. The van der Waals surface area contributed by atoms with Crippen molar-refractivity contribution in [3.63, 3.8) is 0 Å². The van der Waals surface area contributed by atoms with Crippen LogP contribution in [0.3, 0.4) is 0 Å². The summed E-state index contributed by atoms with van der Waals surface area (Å²) in [4.78, 5) is 18.1. The molecule has 6 heteroatoms. The molecule has 0 saturated carbocycles. The highest BCUT2D eigenvalue weighted by molar-refractivity contribution is 5.80. The highest BCUT2D eigenvalue weighted by atomic mass is 16.4. The van der Waals surface area contributed by atoms with E-state index < -0.39 is 5.97 Å². The quantitative estimate of drug-likeness (QED) is 0.913. The first-order valence-corrected chi connectivity index (χ1v) is 8.78. The lowest BCUT2D eigenvalue weighted by Crippen LogP contribution is -2.34. The molecule has 1 aliphatic heterocycles. The van der Waals surface area contributed by atoms with Crippen LogP contribution in [0.4, 0.5) is 0 Å². The number of likely N-dealkylation sites (tertiary alicyclic amines) is 1. The number of hydrogen-bond acceptors (Lipinski definition) is 4. The third-order valence-electron chi connectivity index (χ3n) is 5.28. The summed E-state index contributed by atoms with van der Waals surface area (Å²) in [6.45, 7) is 9.56. The average Bonchev–Trinajstić information content (AvgIpc) is 2.98. The van der Waals surface area contributed by atoms with Crippen molar-refractivity contribution < 1.29 is 9.90 Å². The molecule has 1 aliphatic rings. The molecular weight excluding hydrogens is 304 g/mol. The van der Waals surface area contributed by atoms with Gasteiger partial charge in [0.05, 0.1) is 12.2 Å². The second-order valence-corrected chi connectivity index (χ2v) is 6.69. The summed E-state index contributed by atoms with van der Waals surface area (Å²) in [6.07, 6.45) is 4.76. The van der Waals surface area contributed by atoms with E-state index in [1.807, 2.05) is 13.1 Å². The lowest BCUT2D eigenvalue weighted by Gasteiger charge is -2.31. The molecule has 0 unspecified atom stereocenters. The Morgan fingerprint density at radius 1 is 1.33 bits per heavy atom. The SMILES string of the molecule is CCN1CCC(n2ncc3c(C)c(CCC(=O)O)c(C)nc32)CC1. The molecule has 0 aliphatic carbocycles. The van der Waals surface area contributed by atoms with Crippen LogP contribution < -0.4 is 0 Å². The summed E-state index contributed by atoms with van der Waals surface area (Å²) in [5, 5.41) is 14.6. The van der Waals surface area contributed by atoms with Crippen LogP contribution in [0.15, 0.2) is 6.20 Å². The maximum Gasteiger partial charge on any atom is 0.303 e. The lowest BCUT2D eigenvalue weighted by atomic mass is 10.0. The monoisotopic (exact) mass is 330 g/mol. The van der Waals surface area contributed by atoms with E-state index in [0.29, 0.717) is 12.5 Å². The van der Waals surface area contributed by atoms with Crippen LogP contribution in [-0.2, 0) is 11.2 Å². The van der Waals surface area contributed by atoms with Gasteiger partial charge in [0.15, 0.2) is 5.65 Å². The van der Waals surface area contributed by atoms with Crippen molar-refractivity contribution in [1.82, 2.24) is 19.7 Å². The first-order valence-electron chi connectivity index (χ1n) is 8.78. The van der Waals surface area contributed by atoms with Gasteiger partial charge in [0, 0.05) is 30.6 Å². The minimum absolute atomic E-state index is 0.137. The van der Waals surface area contributed by atoms with Gasteiger partial charge in [0.2, 0.25) is 0 Å². The Balaban J connectivity index is 1.91. The van der Waals surface area contributed by atoms with E-state index in [1.165, 1.54) is 0 Å². The summed E-state index contributed by atoms with van der Waals surface area (Å²) in [7, 11) is 0. The Morgan fingerprint density at radius 3 is 2.67 bits per heavy atom. The van der Waals surface area contributed by atoms with Crippen molar-refractivity contribution in [2.75, 3.05) is 19.6 Å². The fourth-order valence-corrected chi connectivity index (χ4v) is 3.74. The van der Waals surface area contributed by atoms with Crippen LogP contribution in [0.2, 0.25) is 0 Å². The molecule has 1 N–H and O–H groups in total. The van der Waals surface area contributed by atoms with Crippen LogP contribution in [-0.4, -0.2) is 50.4 Å². The number of carboxylic acids is 1. The zero-order valence-corrected chi connectivity index (χ0v) is 14.7. The first kappa shape index (κ1) is 16.9. The van der Waals surface area contributed by atoms with Crippen LogP contribution >= 0.6 is 0 Å². The Labute approximate surface area is 142 Å². The molecule has 3 heterocycles. The Kier molecular flexibility index (Phi) is 4.85. The topological polar surface area (TPSA) is 71.2 Å². The molecule has 0 radical (unpaired) electrons. The third-order valence-corrected chi connectivity index (χ3v) is 5.28. The molecule has 24 heavy (non-hydrogen) atoms. The smallest absolute Gasteiger partial charge is 0.303 e. The number of aliphatic carboxylic acids is 1. The molecule has 1 saturated heterocycles.